The molecule has 0 aliphatic heterocycles. The first kappa shape index (κ1) is 29.2. The molecule has 3 aromatic rings. The van der Waals surface area contributed by atoms with Crippen molar-refractivity contribution in [2.24, 2.45) is 0 Å². The molecule has 1 aliphatic carbocycles. The molecule has 1 fully saturated rings. The molecule has 0 unspecified atom stereocenters. The molecule has 212 valence electrons. The van der Waals surface area contributed by atoms with Gasteiger partial charge in [-0.25, -0.2) is 4.79 Å². The zero-order valence-electron chi connectivity index (χ0n) is 23.4. The number of carbonyl (C=O) groups excluding carboxylic acids is 3. The highest BCUT2D eigenvalue weighted by Gasteiger charge is 2.42. The molecule has 1 saturated carbocycles. The van der Waals surface area contributed by atoms with E-state index in [1.807, 2.05) is 0 Å². The Labute approximate surface area is 239 Å². The number of nitriles is 1. The van der Waals surface area contributed by atoms with Crippen LogP contribution in [0.1, 0.15) is 68.8 Å². The van der Waals surface area contributed by atoms with Gasteiger partial charge in [-0.1, -0.05) is 19.3 Å². The number of hydrogen-bond donors (Lipinski definition) is 2. The van der Waals surface area contributed by atoms with Crippen LogP contribution in [0.4, 0.5) is 10.5 Å². The van der Waals surface area contributed by atoms with Crippen LogP contribution in [0.5, 0.6) is 23.0 Å². The molecule has 41 heavy (non-hydrogen) atoms. The van der Waals surface area contributed by atoms with Crippen molar-refractivity contribution in [3.05, 3.63) is 77.9 Å². The van der Waals surface area contributed by atoms with Crippen molar-refractivity contribution in [2.45, 2.75) is 64.0 Å². The summed E-state index contributed by atoms with van der Waals surface area (Å²) in [4.78, 5) is 37.5. The van der Waals surface area contributed by atoms with E-state index < -0.39 is 17.2 Å². The third-order valence-corrected chi connectivity index (χ3v) is 6.49. The summed E-state index contributed by atoms with van der Waals surface area (Å²) in [5, 5.41) is 14.9. The van der Waals surface area contributed by atoms with E-state index in [1.165, 1.54) is 0 Å². The lowest BCUT2D eigenvalue weighted by Crippen LogP contribution is -2.58. The summed E-state index contributed by atoms with van der Waals surface area (Å²) in [6, 6.07) is 20.3. The van der Waals surface area contributed by atoms with Gasteiger partial charge in [-0.15, -0.1) is 0 Å². The Bertz CT molecular complexity index is 1430. The minimum absolute atomic E-state index is 0.361. The van der Waals surface area contributed by atoms with Gasteiger partial charge in [0.25, 0.3) is 0 Å². The fraction of sp³-hybridized carbons (Fsp3) is 0.312. The summed E-state index contributed by atoms with van der Waals surface area (Å²) < 4.78 is 17.5. The molecular weight excluding hydrogens is 522 g/mol. The average Bonchev–Trinajstić information content (AvgIpc) is 2.93. The lowest BCUT2D eigenvalue weighted by Gasteiger charge is -2.37. The van der Waals surface area contributed by atoms with Gasteiger partial charge < -0.3 is 24.8 Å². The van der Waals surface area contributed by atoms with Crippen LogP contribution < -0.4 is 20.1 Å². The van der Waals surface area contributed by atoms with Gasteiger partial charge in [0.1, 0.15) is 40.4 Å². The van der Waals surface area contributed by atoms with Gasteiger partial charge in [-0.05, 0) is 82.1 Å². The molecule has 9 heteroatoms. The molecule has 0 atom stereocenters. The van der Waals surface area contributed by atoms with Crippen LogP contribution in [0.3, 0.4) is 0 Å². The molecule has 3 aromatic carbocycles. The van der Waals surface area contributed by atoms with Crippen molar-refractivity contribution >= 4 is 24.0 Å². The summed E-state index contributed by atoms with van der Waals surface area (Å²) in [7, 11) is 0. The minimum Gasteiger partial charge on any atom is -0.457 e. The first-order valence-electron chi connectivity index (χ1n) is 13.5. The monoisotopic (exact) mass is 555 g/mol. The number of anilines is 1. The van der Waals surface area contributed by atoms with Gasteiger partial charge in [-0.2, -0.15) is 5.26 Å². The van der Waals surface area contributed by atoms with Crippen molar-refractivity contribution in [1.29, 1.82) is 5.26 Å². The van der Waals surface area contributed by atoms with E-state index in [1.54, 1.807) is 87.5 Å². The quantitative estimate of drug-likeness (QED) is 0.283. The van der Waals surface area contributed by atoms with Gasteiger partial charge in [0.15, 0.2) is 0 Å². The topological polar surface area (TPSA) is 127 Å². The molecule has 1 aliphatic rings. The highest BCUT2D eigenvalue weighted by molar-refractivity contribution is 6.00. The van der Waals surface area contributed by atoms with Crippen molar-refractivity contribution in [3.8, 4) is 29.1 Å². The predicted molar refractivity (Wildman–Crippen MR) is 153 cm³/mol. The maximum atomic E-state index is 13.7. The summed E-state index contributed by atoms with van der Waals surface area (Å²) in [5.41, 5.74) is -0.425. The lowest BCUT2D eigenvalue weighted by molar-refractivity contribution is -0.123. The van der Waals surface area contributed by atoms with Crippen LogP contribution in [-0.4, -0.2) is 29.4 Å². The highest BCUT2D eigenvalue weighted by atomic mass is 16.6. The Morgan fingerprint density at radius 3 is 1.93 bits per heavy atom. The van der Waals surface area contributed by atoms with Crippen molar-refractivity contribution < 1.29 is 28.6 Å². The molecule has 9 nitrogen and oxygen atoms in total. The number of nitrogens with zero attached hydrogens (tertiary/aromatic N) is 1. The van der Waals surface area contributed by atoms with E-state index in [2.05, 4.69) is 16.7 Å². The van der Waals surface area contributed by atoms with E-state index >= 15 is 0 Å². The van der Waals surface area contributed by atoms with Gasteiger partial charge in [0.2, 0.25) is 5.91 Å². The second-order valence-corrected chi connectivity index (χ2v) is 10.9. The number of benzene rings is 3. The first-order chi connectivity index (χ1) is 19.6. The Hall–Kier alpha value is -4.84. The van der Waals surface area contributed by atoms with Crippen LogP contribution in [0.15, 0.2) is 66.7 Å². The Morgan fingerprint density at radius 2 is 1.41 bits per heavy atom. The molecule has 4 rings (SSSR count). The molecular formula is C32H33N3O6. The van der Waals surface area contributed by atoms with E-state index in [0.29, 0.717) is 52.7 Å². The zero-order chi connectivity index (χ0) is 29.5. The van der Waals surface area contributed by atoms with Gasteiger partial charge in [-0.3, -0.25) is 9.59 Å². The minimum atomic E-state index is -1.13. The maximum Gasteiger partial charge on any atom is 0.408 e. The van der Waals surface area contributed by atoms with Crippen LogP contribution >= 0.6 is 0 Å². The standard InChI is InChI=1S/C32H33N3O6/c1-31(2,3)41-30(38)35-32(15-5-4-6-16-32)29(37)34-24-17-27(39-25-11-7-22(20-33)8-12-25)19-28(18-24)40-26-13-9-23(21-36)10-14-26/h7-14,17-19,21H,4-6,15-16H2,1-3H3,(H,34,37)(H,35,38). The van der Waals surface area contributed by atoms with E-state index in [4.69, 9.17) is 19.5 Å². The molecule has 2 N–H and O–H groups in total. The number of alkyl carbamates (subject to hydrolysis) is 1. The third kappa shape index (κ3) is 8.08. The molecule has 2 amide bonds. The van der Waals surface area contributed by atoms with Gasteiger partial charge >= 0.3 is 6.09 Å². The number of hydrogen-bond acceptors (Lipinski definition) is 7. The van der Waals surface area contributed by atoms with E-state index in [9.17, 15) is 14.4 Å². The van der Waals surface area contributed by atoms with Crippen LogP contribution in [0.2, 0.25) is 0 Å². The van der Waals surface area contributed by atoms with Crippen LogP contribution in [0, 0.1) is 11.3 Å². The number of rotatable bonds is 8. The highest BCUT2D eigenvalue weighted by Crippen LogP contribution is 2.35. The number of carbonyl (C=O) groups is 3. The average molecular weight is 556 g/mol. The predicted octanol–water partition coefficient (Wildman–Crippen LogP) is 7.12. The Kier molecular flexibility index (Phi) is 8.93. The fourth-order valence-corrected chi connectivity index (χ4v) is 4.56. The summed E-state index contributed by atoms with van der Waals surface area (Å²) in [6.45, 7) is 5.31. The van der Waals surface area contributed by atoms with Crippen molar-refractivity contribution in [3.63, 3.8) is 0 Å². The number of nitrogens with one attached hydrogen (secondary N) is 2. The van der Waals surface area contributed by atoms with E-state index in [0.717, 1.165) is 25.5 Å². The second kappa shape index (κ2) is 12.6. The number of ether oxygens (including phenoxy) is 3. The van der Waals surface area contributed by atoms with Gasteiger partial charge in [0.05, 0.1) is 11.6 Å². The van der Waals surface area contributed by atoms with Crippen molar-refractivity contribution in [1.82, 2.24) is 5.32 Å². The van der Waals surface area contributed by atoms with Crippen LogP contribution in [-0.2, 0) is 9.53 Å². The SMILES string of the molecule is CC(C)(C)OC(=O)NC1(C(=O)Nc2cc(Oc3ccc(C#N)cc3)cc(Oc3ccc(C=O)cc3)c2)CCCCC1. The molecule has 0 spiro atoms. The number of aldehydes is 1. The third-order valence-electron chi connectivity index (χ3n) is 6.49. The first-order valence-corrected chi connectivity index (χ1v) is 13.5. The molecule has 0 heterocycles. The number of amides is 2. The molecule has 0 bridgehead atoms. The fourth-order valence-electron chi connectivity index (χ4n) is 4.56. The Morgan fingerprint density at radius 1 is 0.854 bits per heavy atom. The van der Waals surface area contributed by atoms with Gasteiger partial charge in [0, 0.05) is 29.4 Å². The summed E-state index contributed by atoms with van der Waals surface area (Å²) in [6.07, 6.45) is 3.61. The van der Waals surface area contributed by atoms with E-state index in [-0.39, 0.29) is 5.91 Å². The maximum absolute atomic E-state index is 13.7. The second-order valence-electron chi connectivity index (χ2n) is 10.9. The van der Waals surface area contributed by atoms with Crippen molar-refractivity contribution in [2.75, 3.05) is 5.32 Å². The zero-order valence-corrected chi connectivity index (χ0v) is 23.4. The Balaban J connectivity index is 1.62. The lowest BCUT2D eigenvalue weighted by atomic mass is 9.81. The molecule has 0 aromatic heterocycles. The normalized spacial score (nSPS) is 14.2. The summed E-state index contributed by atoms with van der Waals surface area (Å²) in [5.74, 6) is 1.37. The van der Waals surface area contributed by atoms with Crippen LogP contribution in [0.25, 0.3) is 0 Å². The molecule has 0 saturated heterocycles. The molecule has 0 radical (unpaired) electrons. The summed E-state index contributed by atoms with van der Waals surface area (Å²) >= 11 is 0. The smallest absolute Gasteiger partial charge is 0.408 e. The largest absolute Gasteiger partial charge is 0.457 e.